The first-order valence-corrected chi connectivity index (χ1v) is 7.38. The lowest BCUT2D eigenvalue weighted by atomic mass is 9.76. The molecule has 0 aromatic heterocycles. The molecule has 3 nitrogen and oxygen atoms in total. The molecule has 0 amide bonds. The summed E-state index contributed by atoms with van der Waals surface area (Å²) in [6.07, 6.45) is 1.74. The van der Waals surface area contributed by atoms with Gasteiger partial charge in [-0.05, 0) is 24.0 Å². The van der Waals surface area contributed by atoms with Crippen LogP contribution < -0.4 is 5.43 Å². The van der Waals surface area contributed by atoms with Crippen LogP contribution in [0.2, 0.25) is 15.1 Å². The Bertz CT molecular complexity index is 559. The van der Waals surface area contributed by atoms with Crippen LogP contribution in [0, 0.1) is 5.41 Å². The molecule has 0 bridgehead atoms. The van der Waals surface area contributed by atoms with Crippen molar-refractivity contribution in [1.29, 1.82) is 0 Å². The minimum Gasteiger partial charge on any atom is -0.299 e. The van der Waals surface area contributed by atoms with Crippen molar-refractivity contribution in [2.24, 2.45) is 10.5 Å². The number of carbonyl (C=O) groups excluding carboxylic acids is 1. The molecule has 0 saturated heterocycles. The molecule has 0 heterocycles. The van der Waals surface area contributed by atoms with Crippen molar-refractivity contribution in [3.63, 3.8) is 0 Å². The molecule has 1 aliphatic carbocycles. The summed E-state index contributed by atoms with van der Waals surface area (Å²) in [6, 6.07) is 3.18. The number of nitrogens with zero attached hydrogens (tertiary/aromatic N) is 1. The average Bonchev–Trinajstić information content (AvgIpc) is 2.24. The number of ketones is 1. The largest absolute Gasteiger partial charge is 0.299 e. The van der Waals surface area contributed by atoms with E-state index in [1.807, 2.05) is 0 Å². The SMILES string of the molecule is CC1(C)CC(=O)CC(=NNc2c(Cl)cc(Cl)cc2Cl)C1. The molecule has 0 spiro atoms. The van der Waals surface area contributed by atoms with E-state index in [1.54, 1.807) is 12.1 Å². The van der Waals surface area contributed by atoms with E-state index in [-0.39, 0.29) is 11.2 Å². The van der Waals surface area contributed by atoms with Gasteiger partial charge in [0, 0.05) is 23.6 Å². The number of hydrogen-bond acceptors (Lipinski definition) is 3. The van der Waals surface area contributed by atoms with Gasteiger partial charge in [-0.3, -0.25) is 10.2 Å². The number of anilines is 1. The Hall–Kier alpha value is -0.770. The molecular formula is C14H15Cl3N2O. The lowest BCUT2D eigenvalue weighted by molar-refractivity contribution is -0.120. The van der Waals surface area contributed by atoms with E-state index in [0.717, 1.165) is 12.1 Å². The van der Waals surface area contributed by atoms with Crippen LogP contribution in [-0.2, 0) is 4.79 Å². The number of carbonyl (C=O) groups is 1. The third-order valence-corrected chi connectivity index (χ3v) is 3.91. The van der Waals surface area contributed by atoms with Gasteiger partial charge in [-0.1, -0.05) is 48.7 Å². The number of Topliss-reactive ketones (excluding diaryl/α,β-unsaturated/α-hetero) is 1. The second kappa shape index (κ2) is 5.92. The highest BCUT2D eigenvalue weighted by atomic mass is 35.5. The summed E-state index contributed by atoms with van der Waals surface area (Å²) in [5.74, 6) is 0.204. The van der Waals surface area contributed by atoms with Crippen LogP contribution in [0.4, 0.5) is 5.69 Å². The van der Waals surface area contributed by atoms with Crippen molar-refractivity contribution in [1.82, 2.24) is 0 Å². The smallest absolute Gasteiger partial charge is 0.139 e. The van der Waals surface area contributed by atoms with Crippen molar-refractivity contribution in [2.75, 3.05) is 5.43 Å². The predicted molar refractivity (Wildman–Crippen MR) is 85.2 cm³/mol. The molecule has 0 atom stereocenters. The Morgan fingerprint density at radius 3 is 2.30 bits per heavy atom. The number of rotatable bonds is 2. The van der Waals surface area contributed by atoms with Gasteiger partial charge in [-0.2, -0.15) is 5.10 Å². The van der Waals surface area contributed by atoms with E-state index in [1.165, 1.54) is 0 Å². The van der Waals surface area contributed by atoms with Gasteiger partial charge in [0.05, 0.1) is 15.7 Å². The zero-order chi connectivity index (χ0) is 14.9. The van der Waals surface area contributed by atoms with Gasteiger partial charge < -0.3 is 0 Å². The van der Waals surface area contributed by atoms with Gasteiger partial charge in [-0.25, -0.2) is 0 Å². The summed E-state index contributed by atoms with van der Waals surface area (Å²) in [7, 11) is 0. The molecule has 6 heteroatoms. The summed E-state index contributed by atoms with van der Waals surface area (Å²) in [6.45, 7) is 4.11. The fourth-order valence-corrected chi connectivity index (χ4v) is 3.27. The van der Waals surface area contributed by atoms with E-state index in [9.17, 15) is 4.79 Å². The molecule has 1 aromatic rings. The average molecular weight is 334 g/mol. The van der Waals surface area contributed by atoms with E-state index in [4.69, 9.17) is 34.8 Å². The summed E-state index contributed by atoms with van der Waals surface area (Å²) < 4.78 is 0. The summed E-state index contributed by atoms with van der Waals surface area (Å²) in [5, 5.41) is 5.54. The van der Waals surface area contributed by atoms with E-state index in [0.29, 0.717) is 33.6 Å². The fourth-order valence-electron chi connectivity index (χ4n) is 2.36. The second-order valence-electron chi connectivity index (χ2n) is 5.77. The molecule has 0 radical (unpaired) electrons. The van der Waals surface area contributed by atoms with Gasteiger partial charge in [0.25, 0.3) is 0 Å². The molecule has 2 rings (SSSR count). The quantitative estimate of drug-likeness (QED) is 0.756. The van der Waals surface area contributed by atoms with Crippen molar-refractivity contribution in [3.8, 4) is 0 Å². The first-order valence-electron chi connectivity index (χ1n) is 6.24. The zero-order valence-electron chi connectivity index (χ0n) is 11.3. The number of nitrogens with one attached hydrogen (secondary N) is 1. The van der Waals surface area contributed by atoms with Crippen LogP contribution in [0.25, 0.3) is 0 Å². The standard InChI is InChI=1S/C14H15Cl3N2O/c1-14(2)6-9(5-10(20)7-14)18-19-13-11(16)3-8(15)4-12(13)17/h3-4,19H,5-7H2,1-2H3. The lowest BCUT2D eigenvalue weighted by Gasteiger charge is -2.29. The molecule has 108 valence electrons. The third kappa shape index (κ3) is 3.87. The van der Waals surface area contributed by atoms with E-state index < -0.39 is 0 Å². The Morgan fingerprint density at radius 1 is 1.15 bits per heavy atom. The van der Waals surface area contributed by atoms with Gasteiger partial charge in [0.1, 0.15) is 5.78 Å². The Kier molecular flexibility index (Phi) is 4.62. The van der Waals surface area contributed by atoms with Crippen molar-refractivity contribution in [3.05, 3.63) is 27.2 Å². The zero-order valence-corrected chi connectivity index (χ0v) is 13.5. The molecule has 0 aliphatic heterocycles. The normalized spacial score (nSPS) is 20.2. The number of halogens is 3. The van der Waals surface area contributed by atoms with Crippen LogP contribution in [0.15, 0.2) is 17.2 Å². The van der Waals surface area contributed by atoms with Gasteiger partial charge in [0.2, 0.25) is 0 Å². The second-order valence-corrected chi connectivity index (χ2v) is 7.02. The number of hydrogen-bond donors (Lipinski definition) is 1. The molecule has 1 fully saturated rings. The van der Waals surface area contributed by atoms with Gasteiger partial charge >= 0.3 is 0 Å². The van der Waals surface area contributed by atoms with Crippen LogP contribution in [-0.4, -0.2) is 11.5 Å². The summed E-state index contributed by atoms with van der Waals surface area (Å²) in [4.78, 5) is 11.7. The van der Waals surface area contributed by atoms with Crippen LogP contribution in [0.1, 0.15) is 33.1 Å². The third-order valence-electron chi connectivity index (χ3n) is 3.09. The maximum atomic E-state index is 11.7. The molecular weight excluding hydrogens is 319 g/mol. The Morgan fingerprint density at radius 2 is 1.75 bits per heavy atom. The van der Waals surface area contributed by atoms with Crippen LogP contribution in [0.5, 0.6) is 0 Å². The summed E-state index contributed by atoms with van der Waals surface area (Å²) in [5.41, 5.74) is 4.11. The molecule has 0 unspecified atom stereocenters. The lowest BCUT2D eigenvalue weighted by Crippen LogP contribution is -2.29. The first-order chi connectivity index (χ1) is 9.27. The molecule has 20 heavy (non-hydrogen) atoms. The number of hydrazone groups is 1. The molecule has 1 saturated carbocycles. The van der Waals surface area contributed by atoms with Crippen molar-refractivity contribution in [2.45, 2.75) is 33.1 Å². The molecule has 1 aliphatic rings. The van der Waals surface area contributed by atoms with Crippen LogP contribution in [0.3, 0.4) is 0 Å². The maximum absolute atomic E-state index is 11.7. The van der Waals surface area contributed by atoms with Gasteiger partial charge in [0.15, 0.2) is 0 Å². The molecule has 1 N–H and O–H groups in total. The minimum absolute atomic E-state index is 0.0522. The fraction of sp³-hybridized carbons (Fsp3) is 0.429. The Labute approximate surface area is 133 Å². The molecule has 1 aromatic carbocycles. The Balaban J connectivity index is 2.19. The number of benzene rings is 1. The highest BCUT2D eigenvalue weighted by molar-refractivity contribution is 6.41. The van der Waals surface area contributed by atoms with Crippen molar-refractivity contribution < 1.29 is 4.79 Å². The summed E-state index contributed by atoms with van der Waals surface area (Å²) >= 11 is 18.0. The van der Waals surface area contributed by atoms with E-state index in [2.05, 4.69) is 24.4 Å². The van der Waals surface area contributed by atoms with E-state index >= 15 is 0 Å². The highest BCUT2D eigenvalue weighted by Gasteiger charge is 2.30. The first kappa shape index (κ1) is 15.6. The van der Waals surface area contributed by atoms with Gasteiger partial charge in [-0.15, -0.1) is 0 Å². The highest BCUT2D eigenvalue weighted by Crippen LogP contribution is 2.35. The topological polar surface area (TPSA) is 41.5 Å². The van der Waals surface area contributed by atoms with Crippen molar-refractivity contribution >= 4 is 52.0 Å². The monoisotopic (exact) mass is 332 g/mol. The maximum Gasteiger partial charge on any atom is 0.139 e. The minimum atomic E-state index is -0.0522. The predicted octanol–water partition coefficient (Wildman–Crippen LogP) is 5.19. The van der Waals surface area contributed by atoms with Crippen LogP contribution >= 0.6 is 34.8 Å².